The number of nitriles is 1. The summed E-state index contributed by atoms with van der Waals surface area (Å²) < 4.78 is 10.6. The number of carbonyl (C=O) groups is 1. The average Bonchev–Trinajstić information content (AvgIpc) is 2.74. The number of anilines is 2. The molecule has 0 fully saturated rings. The lowest BCUT2D eigenvalue weighted by molar-refractivity contribution is -0.109. The quantitative estimate of drug-likeness (QED) is 0.759. The van der Waals surface area contributed by atoms with Crippen molar-refractivity contribution in [2.45, 2.75) is 25.7 Å². The number of pyridine rings is 2. The second kappa shape index (κ2) is 8.75. The zero-order valence-corrected chi connectivity index (χ0v) is 15.7. The van der Waals surface area contributed by atoms with Crippen LogP contribution in [0, 0.1) is 11.3 Å². The molecular formula is C19H21N5O4. The van der Waals surface area contributed by atoms with Gasteiger partial charge in [-0.2, -0.15) is 5.26 Å². The lowest BCUT2D eigenvalue weighted by atomic mass is 10.0. The van der Waals surface area contributed by atoms with Crippen molar-refractivity contribution in [3.63, 3.8) is 0 Å². The van der Waals surface area contributed by atoms with Crippen molar-refractivity contribution in [2.24, 2.45) is 0 Å². The first-order chi connectivity index (χ1) is 13.6. The highest BCUT2D eigenvalue weighted by Gasteiger charge is 2.28. The summed E-state index contributed by atoms with van der Waals surface area (Å²) in [4.78, 5) is 23.0. The number of aliphatic hydroxyl groups is 1. The third kappa shape index (κ3) is 3.94. The zero-order valence-electron chi connectivity index (χ0n) is 15.7. The van der Waals surface area contributed by atoms with E-state index in [-0.39, 0.29) is 12.6 Å². The number of fused-ring (bicyclic) bond motifs is 1. The molecule has 0 radical (unpaired) electrons. The molecule has 1 aliphatic heterocycles. The van der Waals surface area contributed by atoms with E-state index in [9.17, 15) is 9.90 Å². The van der Waals surface area contributed by atoms with E-state index in [1.165, 1.54) is 25.3 Å². The highest BCUT2D eigenvalue weighted by Crippen LogP contribution is 2.31. The molecule has 3 rings (SSSR count). The maximum Gasteiger partial charge on any atom is 0.328 e. The van der Waals surface area contributed by atoms with Gasteiger partial charge in [0.1, 0.15) is 23.4 Å². The second-order valence-electron chi connectivity index (χ2n) is 6.21. The van der Waals surface area contributed by atoms with Crippen molar-refractivity contribution in [3.8, 4) is 6.07 Å². The van der Waals surface area contributed by atoms with Crippen LogP contribution in [0.15, 0.2) is 24.4 Å². The minimum Gasteiger partial charge on any atom is -0.392 e. The van der Waals surface area contributed by atoms with E-state index in [1.54, 1.807) is 12.1 Å². The minimum absolute atomic E-state index is 0.208. The number of hydrogen-bond acceptors (Lipinski definition) is 7. The van der Waals surface area contributed by atoms with Crippen molar-refractivity contribution >= 4 is 17.7 Å². The number of ether oxygens (including phenoxy) is 2. The van der Waals surface area contributed by atoms with Gasteiger partial charge in [-0.05, 0) is 36.6 Å². The molecule has 0 saturated carbocycles. The van der Waals surface area contributed by atoms with E-state index in [4.69, 9.17) is 14.7 Å². The molecule has 0 saturated heterocycles. The monoisotopic (exact) mass is 383 g/mol. The van der Waals surface area contributed by atoms with Gasteiger partial charge in [0.25, 0.3) is 0 Å². The molecule has 3 heterocycles. The minimum atomic E-state index is -0.750. The van der Waals surface area contributed by atoms with Gasteiger partial charge in [-0.3, -0.25) is 10.2 Å². The Labute approximate surface area is 162 Å². The zero-order chi connectivity index (χ0) is 20.1. The number of nitrogens with one attached hydrogen (secondary N) is 1. The lowest BCUT2D eigenvalue weighted by Gasteiger charge is -2.30. The number of methoxy groups -OCH3 is 2. The van der Waals surface area contributed by atoms with Crippen LogP contribution in [0.5, 0.6) is 0 Å². The highest BCUT2D eigenvalue weighted by molar-refractivity contribution is 6.01. The molecule has 0 aromatic carbocycles. The molecule has 0 atom stereocenters. The third-order valence-corrected chi connectivity index (χ3v) is 4.47. The van der Waals surface area contributed by atoms with Gasteiger partial charge in [0.15, 0.2) is 0 Å². The molecule has 0 bridgehead atoms. The molecule has 146 valence electrons. The van der Waals surface area contributed by atoms with Crippen LogP contribution in [0.1, 0.15) is 35.1 Å². The van der Waals surface area contributed by atoms with Crippen molar-refractivity contribution in [2.75, 3.05) is 31.0 Å². The van der Waals surface area contributed by atoms with Gasteiger partial charge >= 0.3 is 6.03 Å². The number of aryl methyl sites for hydroxylation is 1. The summed E-state index contributed by atoms with van der Waals surface area (Å²) in [6.45, 7) is 0.283. The molecule has 2 amide bonds. The summed E-state index contributed by atoms with van der Waals surface area (Å²) in [7, 11) is 2.97. The Kier molecular flexibility index (Phi) is 6.16. The van der Waals surface area contributed by atoms with E-state index in [2.05, 4.69) is 15.3 Å². The first kappa shape index (κ1) is 19.7. The maximum absolute atomic E-state index is 12.8. The molecule has 28 heavy (non-hydrogen) atoms. The van der Waals surface area contributed by atoms with Crippen LogP contribution in [-0.4, -0.2) is 41.9 Å². The van der Waals surface area contributed by atoms with Crippen LogP contribution < -0.4 is 10.2 Å². The molecule has 9 nitrogen and oxygen atoms in total. The molecule has 2 aromatic rings. The van der Waals surface area contributed by atoms with Crippen molar-refractivity contribution < 1.29 is 19.4 Å². The van der Waals surface area contributed by atoms with Crippen LogP contribution in [0.4, 0.5) is 16.4 Å². The number of urea groups is 1. The van der Waals surface area contributed by atoms with Crippen LogP contribution in [0.2, 0.25) is 0 Å². The summed E-state index contributed by atoms with van der Waals surface area (Å²) >= 11 is 0. The maximum atomic E-state index is 12.8. The fourth-order valence-corrected chi connectivity index (χ4v) is 3.12. The van der Waals surface area contributed by atoms with Crippen LogP contribution in [0.25, 0.3) is 0 Å². The Morgan fingerprint density at radius 3 is 2.82 bits per heavy atom. The number of rotatable bonds is 5. The Hall–Kier alpha value is -3.06. The number of hydrogen-bond donors (Lipinski definition) is 2. The number of aromatic nitrogens is 2. The van der Waals surface area contributed by atoms with Crippen molar-refractivity contribution in [1.82, 2.24) is 9.97 Å². The van der Waals surface area contributed by atoms with Crippen LogP contribution in [0.3, 0.4) is 0 Å². The van der Waals surface area contributed by atoms with Gasteiger partial charge < -0.3 is 14.6 Å². The Morgan fingerprint density at radius 1 is 1.43 bits per heavy atom. The van der Waals surface area contributed by atoms with E-state index < -0.39 is 6.29 Å². The molecule has 0 spiro atoms. The van der Waals surface area contributed by atoms with Crippen molar-refractivity contribution in [3.05, 3.63) is 46.8 Å². The largest absolute Gasteiger partial charge is 0.392 e. The Morgan fingerprint density at radius 2 is 2.21 bits per heavy atom. The van der Waals surface area contributed by atoms with E-state index in [0.29, 0.717) is 35.0 Å². The smallest absolute Gasteiger partial charge is 0.328 e. The topological polar surface area (TPSA) is 121 Å². The molecule has 0 aliphatic carbocycles. The number of nitrogens with zero attached hydrogens (tertiary/aromatic N) is 4. The summed E-state index contributed by atoms with van der Waals surface area (Å²) in [5.41, 5.74) is 2.31. The standard InChI is InChI=1S/C19H21N5O4/c1-27-18(28-2)16-14(11-25)8-13-4-3-7-24(17(13)23-16)19(26)22-15-6-5-12(9-20)10-21-15/h5-6,8,10,18,25H,3-4,7,11H2,1-2H3,(H,21,22,26). The number of carbonyl (C=O) groups excluding carboxylic acids is 1. The molecule has 1 aliphatic rings. The third-order valence-electron chi connectivity index (χ3n) is 4.47. The molecule has 9 heteroatoms. The molecule has 2 N–H and O–H groups in total. The van der Waals surface area contributed by atoms with Gasteiger partial charge in [-0.1, -0.05) is 0 Å². The van der Waals surface area contributed by atoms with Gasteiger partial charge in [-0.15, -0.1) is 0 Å². The predicted molar refractivity (Wildman–Crippen MR) is 101 cm³/mol. The summed E-state index contributed by atoms with van der Waals surface area (Å²) in [6.07, 6.45) is 2.16. The first-order valence-corrected chi connectivity index (χ1v) is 8.75. The highest BCUT2D eigenvalue weighted by atomic mass is 16.7. The average molecular weight is 383 g/mol. The lowest BCUT2D eigenvalue weighted by Crippen LogP contribution is -2.40. The molecule has 0 unspecified atom stereocenters. The van der Waals surface area contributed by atoms with Crippen LogP contribution in [-0.2, 0) is 22.5 Å². The van der Waals surface area contributed by atoms with Crippen molar-refractivity contribution in [1.29, 1.82) is 5.26 Å². The Bertz CT molecular complexity index is 890. The fourth-order valence-electron chi connectivity index (χ4n) is 3.12. The summed E-state index contributed by atoms with van der Waals surface area (Å²) in [5.74, 6) is 0.846. The predicted octanol–water partition coefficient (Wildman–Crippen LogP) is 2.12. The van der Waals surface area contributed by atoms with Gasteiger partial charge in [0.2, 0.25) is 6.29 Å². The second-order valence-corrected chi connectivity index (χ2v) is 6.21. The molecule has 2 aromatic heterocycles. The van der Waals surface area contributed by atoms with E-state index >= 15 is 0 Å². The molecular weight excluding hydrogens is 362 g/mol. The van der Waals surface area contributed by atoms with Gasteiger partial charge in [-0.25, -0.2) is 14.8 Å². The first-order valence-electron chi connectivity index (χ1n) is 8.75. The summed E-state index contributed by atoms with van der Waals surface area (Å²) in [5, 5.41) is 21.3. The van der Waals surface area contributed by atoms with E-state index in [0.717, 1.165) is 18.4 Å². The van der Waals surface area contributed by atoms with E-state index in [1.807, 2.05) is 12.1 Å². The SMILES string of the molecule is COC(OC)c1nc2c(cc1CO)CCCN2C(=O)Nc1ccc(C#N)cn1. The number of amides is 2. The normalized spacial score (nSPS) is 13.2. The van der Waals surface area contributed by atoms with Crippen LogP contribution >= 0.6 is 0 Å². The summed E-state index contributed by atoms with van der Waals surface area (Å²) in [6, 6.07) is 6.60. The fraction of sp³-hybridized carbons (Fsp3) is 0.368. The van der Waals surface area contributed by atoms with Gasteiger partial charge in [0.05, 0.1) is 12.2 Å². The van der Waals surface area contributed by atoms with Gasteiger partial charge in [0, 0.05) is 32.5 Å². The number of aliphatic hydroxyl groups excluding tert-OH is 1. The Balaban J connectivity index is 1.91.